The maximum Gasteiger partial charge on any atom is 0.514 e. The molecular formula is C21H29NO11. The first kappa shape index (κ1) is 33.3. The van der Waals surface area contributed by atoms with Gasteiger partial charge in [0.1, 0.15) is 11.4 Å². The summed E-state index contributed by atoms with van der Waals surface area (Å²) >= 11 is 0. The van der Waals surface area contributed by atoms with Gasteiger partial charge in [-0.25, -0.2) is 14.4 Å². The zero-order chi connectivity index (χ0) is 26.4. The Hall–Kier alpha value is -4.35. The molecule has 0 unspecified atom stereocenters. The Kier molecular flexibility index (Phi) is 19.8. The van der Waals surface area contributed by atoms with Gasteiger partial charge in [-0.05, 0) is 32.9 Å². The first-order valence-corrected chi connectivity index (χ1v) is 9.23. The van der Waals surface area contributed by atoms with Crippen molar-refractivity contribution >= 4 is 24.2 Å². The SMILES string of the molecule is CC.CC(C)(C)OC(=O)Oc1ccccc1.O=C(O)O.O=C(O)O.O=[N+]([O-])c1ccccc1. The molecule has 33 heavy (non-hydrogen) atoms. The van der Waals surface area contributed by atoms with E-state index in [0.717, 1.165) is 0 Å². The van der Waals surface area contributed by atoms with Crippen molar-refractivity contribution < 1.29 is 49.2 Å². The van der Waals surface area contributed by atoms with Crippen LogP contribution in [-0.2, 0) is 4.74 Å². The van der Waals surface area contributed by atoms with Gasteiger partial charge in [0.15, 0.2) is 0 Å². The van der Waals surface area contributed by atoms with Gasteiger partial charge in [0.25, 0.3) is 5.69 Å². The summed E-state index contributed by atoms with van der Waals surface area (Å²) in [6, 6.07) is 16.8. The topological polar surface area (TPSA) is 194 Å². The lowest BCUT2D eigenvalue weighted by Crippen LogP contribution is -2.25. The van der Waals surface area contributed by atoms with Crippen LogP contribution < -0.4 is 4.74 Å². The number of non-ortho nitro benzene ring substituents is 1. The van der Waals surface area contributed by atoms with Crippen LogP contribution >= 0.6 is 0 Å². The van der Waals surface area contributed by atoms with Crippen molar-refractivity contribution in [1.29, 1.82) is 0 Å². The zero-order valence-electron chi connectivity index (χ0n) is 18.9. The maximum atomic E-state index is 11.2. The Morgan fingerprint density at radius 3 is 1.39 bits per heavy atom. The number of para-hydroxylation sites is 2. The van der Waals surface area contributed by atoms with Crippen molar-refractivity contribution in [2.75, 3.05) is 0 Å². The quantitative estimate of drug-likeness (QED) is 0.172. The standard InChI is InChI=1S/C11H14O3.C6H5NO2.C2H6.2CH2O3/c1-11(2,3)14-10(12)13-9-7-5-4-6-8-9;8-7(9)6-4-2-1-3-5-6;1-2;2*2-1(3)4/h4-8H,1-3H3;1-5H;1-2H3;2*(H2,2,3,4). The fraction of sp³-hybridized carbons (Fsp3) is 0.286. The molecule has 0 bridgehead atoms. The predicted octanol–water partition coefficient (Wildman–Crippen LogP) is 6.07. The van der Waals surface area contributed by atoms with Crippen LogP contribution in [0.3, 0.4) is 0 Å². The molecule has 0 spiro atoms. The van der Waals surface area contributed by atoms with E-state index in [1.165, 1.54) is 12.1 Å². The lowest BCUT2D eigenvalue weighted by Gasteiger charge is -2.18. The number of carbonyl (C=O) groups excluding carboxylic acids is 1. The van der Waals surface area contributed by atoms with Crippen LogP contribution in [0.1, 0.15) is 34.6 Å². The van der Waals surface area contributed by atoms with Gasteiger partial charge in [-0.1, -0.05) is 50.2 Å². The van der Waals surface area contributed by atoms with Gasteiger partial charge in [0, 0.05) is 12.1 Å². The van der Waals surface area contributed by atoms with Crippen LogP contribution in [0.25, 0.3) is 0 Å². The van der Waals surface area contributed by atoms with E-state index in [0.29, 0.717) is 5.75 Å². The van der Waals surface area contributed by atoms with Crippen molar-refractivity contribution in [2.24, 2.45) is 0 Å². The average Bonchev–Trinajstić information content (AvgIpc) is 2.69. The summed E-state index contributed by atoms with van der Waals surface area (Å²) in [5.74, 6) is 0.488. The lowest BCUT2D eigenvalue weighted by atomic mass is 10.2. The van der Waals surface area contributed by atoms with E-state index in [2.05, 4.69) is 0 Å². The van der Waals surface area contributed by atoms with Crippen LogP contribution in [0.15, 0.2) is 60.7 Å². The van der Waals surface area contributed by atoms with E-state index >= 15 is 0 Å². The largest absolute Gasteiger partial charge is 0.514 e. The van der Waals surface area contributed by atoms with E-state index < -0.39 is 29.0 Å². The molecule has 0 aromatic heterocycles. The number of carbonyl (C=O) groups is 3. The molecule has 0 amide bonds. The smallest absolute Gasteiger partial charge is 0.450 e. The molecule has 0 aliphatic carbocycles. The fourth-order valence-electron chi connectivity index (χ4n) is 1.41. The van der Waals surface area contributed by atoms with Crippen molar-refractivity contribution in [3.05, 3.63) is 70.8 Å². The normalized spacial score (nSPS) is 8.64. The number of hydrogen-bond donors (Lipinski definition) is 4. The van der Waals surface area contributed by atoms with Gasteiger partial charge in [-0.2, -0.15) is 0 Å². The number of ether oxygens (including phenoxy) is 2. The van der Waals surface area contributed by atoms with E-state index in [9.17, 15) is 14.9 Å². The Labute approximate surface area is 190 Å². The molecule has 0 fully saturated rings. The average molecular weight is 471 g/mol. The summed E-state index contributed by atoms with van der Waals surface area (Å²) in [4.78, 5) is 37.9. The number of rotatable bonds is 2. The second kappa shape index (κ2) is 19.6. The predicted molar refractivity (Wildman–Crippen MR) is 119 cm³/mol. The molecule has 2 aromatic carbocycles. The minimum absolute atomic E-state index is 0.137. The van der Waals surface area contributed by atoms with Crippen LogP contribution in [-0.4, -0.2) is 49.4 Å². The molecule has 0 aliphatic rings. The zero-order valence-corrected chi connectivity index (χ0v) is 18.9. The van der Waals surface area contributed by atoms with Crippen molar-refractivity contribution in [3.8, 4) is 5.75 Å². The van der Waals surface area contributed by atoms with Crippen molar-refractivity contribution in [3.63, 3.8) is 0 Å². The van der Waals surface area contributed by atoms with Crippen LogP contribution in [0.5, 0.6) is 5.75 Å². The molecule has 12 heteroatoms. The summed E-state index contributed by atoms with van der Waals surface area (Å²) in [6.07, 6.45) is -4.34. The van der Waals surface area contributed by atoms with Crippen molar-refractivity contribution in [2.45, 2.75) is 40.2 Å². The van der Waals surface area contributed by atoms with Crippen LogP contribution in [0.2, 0.25) is 0 Å². The lowest BCUT2D eigenvalue weighted by molar-refractivity contribution is -0.384. The molecule has 4 N–H and O–H groups in total. The van der Waals surface area contributed by atoms with E-state index in [1.807, 2.05) is 19.9 Å². The van der Waals surface area contributed by atoms with Gasteiger partial charge in [0.2, 0.25) is 0 Å². The molecule has 0 aliphatic heterocycles. The van der Waals surface area contributed by atoms with E-state index in [4.69, 9.17) is 39.5 Å². The number of carboxylic acid groups (broad SMARTS) is 4. The number of nitro benzene ring substituents is 1. The molecule has 0 heterocycles. The first-order chi connectivity index (χ1) is 15.2. The maximum absolute atomic E-state index is 11.2. The third kappa shape index (κ3) is 29.9. The summed E-state index contributed by atoms with van der Waals surface area (Å²) < 4.78 is 9.91. The van der Waals surface area contributed by atoms with E-state index in [-0.39, 0.29) is 5.69 Å². The highest BCUT2D eigenvalue weighted by atomic mass is 16.7. The highest BCUT2D eigenvalue weighted by Crippen LogP contribution is 2.13. The minimum Gasteiger partial charge on any atom is -0.450 e. The molecular weight excluding hydrogens is 442 g/mol. The Morgan fingerprint density at radius 2 is 1.12 bits per heavy atom. The molecule has 2 aromatic rings. The number of nitrogens with zero attached hydrogens (tertiary/aromatic N) is 1. The first-order valence-electron chi connectivity index (χ1n) is 9.23. The molecule has 0 saturated carbocycles. The minimum atomic E-state index is -1.83. The summed E-state index contributed by atoms with van der Waals surface area (Å²) in [6.45, 7) is 9.37. The molecule has 184 valence electrons. The number of hydrogen-bond acceptors (Lipinski definition) is 7. The molecule has 0 radical (unpaired) electrons. The Morgan fingerprint density at radius 1 is 0.788 bits per heavy atom. The second-order valence-electron chi connectivity index (χ2n) is 6.04. The van der Waals surface area contributed by atoms with Crippen LogP contribution in [0.4, 0.5) is 20.1 Å². The number of nitro groups is 1. The summed E-state index contributed by atoms with van der Waals surface area (Å²) in [7, 11) is 0. The van der Waals surface area contributed by atoms with Gasteiger partial charge >= 0.3 is 18.5 Å². The summed E-state index contributed by atoms with van der Waals surface area (Å²) in [5.41, 5.74) is -0.385. The third-order valence-corrected chi connectivity index (χ3v) is 2.30. The summed E-state index contributed by atoms with van der Waals surface area (Å²) in [5, 5.41) is 37.9. The van der Waals surface area contributed by atoms with Crippen molar-refractivity contribution in [1.82, 2.24) is 0 Å². The second-order valence-corrected chi connectivity index (χ2v) is 6.04. The Balaban J connectivity index is -0.000000405. The highest BCUT2D eigenvalue weighted by Gasteiger charge is 2.17. The van der Waals surface area contributed by atoms with Gasteiger partial charge < -0.3 is 29.9 Å². The van der Waals surface area contributed by atoms with Gasteiger partial charge in [-0.3, -0.25) is 10.1 Å². The highest BCUT2D eigenvalue weighted by molar-refractivity contribution is 5.64. The molecule has 2 rings (SSSR count). The number of benzene rings is 2. The molecule has 0 saturated heterocycles. The Bertz CT molecular complexity index is 784. The monoisotopic (exact) mass is 471 g/mol. The third-order valence-electron chi connectivity index (χ3n) is 2.30. The van der Waals surface area contributed by atoms with Gasteiger partial charge in [-0.15, -0.1) is 0 Å². The fourth-order valence-corrected chi connectivity index (χ4v) is 1.41. The van der Waals surface area contributed by atoms with Gasteiger partial charge in [0.05, 0.1) is 4.92 Å². The van der Waals surface area contributed by atoms with E-state index in [1.54, 1.807) is 63.2 Å². The van der Waals surface area contributed by atoms with Crippen LogP contribution in [0, 0.1) is 10.1 Å². The molecule has 0 atom stereocenters. The molecule has 12 nitrogen and oxygen atoms in total.